The summed E-state index contributed by atoms with van der Waals surface area (Å²) >= 11 is 0. The molecule has 4 N–H and O–H groups in total. The molecule has 0 aliphatic rings. The molecule has 0 atom stereocenters. The van der Waals surface area contributed by atoms with Crippen LogP contribution in [0.4, 0.5) is 0 Å². The Morgan fingerprint density at radius 2 is 0.658 bits per heavy atom. The fraction of sp³-hybridized carbons (Fsp3) is 0.867. The molecule has 0 radical (unpaired) electrons. The highest BCUT2D eigenvalue weighted by atomic mass is 16.4. The average Bonchev–Trinajstić information content (AvgIpc) is 2.84. The molecule has 2 amide bonds. The van der Waals surface area contributed by atoms with Gasteiger partial charge in [-0.1, -0.05) is 117 Å². The van der Waals surface area contributed by atoms with Gasteiger partial charge in [-0.15, -0.1) is 0 Å². The highest BCUT2D eigenvalue weighted by molar-refractivity contribution is 5.77. The third kappa shape index (κ3) is 50.7. The van der Waals surface area contributed by atoms with Crippen molar-refractivity contribution in [1.82, 2.24) is 10.6 Å². The maximum atomic E-state index is 11.8. The molecule has 0 aromatic carbocycles. The Balaban J connectivity index is -0.00000133. The van der Waals surface area contributed by atoms with Gasteiger partial charge in [0.1, 0.15) is 0 Å². The number of carboxylic acid groups (broad SMARTS) is 2. The van der Waals surface area contributed by atoms with Gasteiger partial charge < -0.3 is 20.8 Å². The number of unbranched alkanes of at least 4 members (excludes halogenated alkanes) is 16. The molecule has 0 heterocycles. The van der Waals surface area contributed by atoms with E-state index in [1.54, 1.807) is 0 Å². The van der Waals surface area contributed by atoms with E-state index >= 15 is 0 Å². The predicted octanol–water partition coefficient (Wildman–Crippen LogP) is 7.24. The summed E-state index contributed by atoms with van der Waals surface area (Å²) in [7, 11) is 0. The van der Waals surface area contributed by atoms with E-state index in [1.807, 2.05) is 0 Å². The molecule has 0 aliphatic carbocycles. The Morgan fingerprint density at radius 3 is 0.895 bits per heavy atom. The lowest BCUT2D eigenvalue weighted by Crippen LogP contribution is -2.34. The van der Waals surface area contributed by atoms with Crippen molar-refractivity contribution in [3.63, 3.8) is 0 Å². The van der Waals surface area contributed by atoms with E-state index in [0.29, 0.717) is 25.9 Å². The number of carbonyl (C=O) groups is 4. The minimum Gasteiger partial charge on any atom is -0.481 e. The van der Waals surface area contributed by atoms with E-state index in [0.717, 1.165) is 39.5 Å². The third-order valence-electron chi connectivity index (χ3n) is 5.78. The molecule has 0 aliphatic heterocycles. The van der Waals surface area contributed by atoms with Crippen molar-refractivity contribution >= 4 is 23.8 Å². The second kappa shape index (κ2) is 34.9. The van der Waals surface area contributed by atoms with Gasteiger partial charge in [0.2, 0.25) is 11.8 Å². The van der Waals surface area contributed by atoms with Gasteiger partial charge in [-0.05, 0) is 12.8 Å². The van der Waals surface area contributed by atoms with Crippen molar-refractivity contribution in [2.45, 2.75) is 156 Å². The molecule has 8 heteroatoms. The monoisotopic (exact) mass is 544 g/mol. The van der Waals surface area contributed by atoms with Crippen LogP contribution in [0.15, 0.2) is 0 Å². The summed E-state index contributed by atoms with van der Waals surface area (Å²) < 4.78 is 0. The SMILES string of the molecule is CC(=O)O.CC(=O)O.CCCCCCCCCCCC(=O)NCCNC(=O)CCCCCCCCCCC. The summed E-state index contributed by atoms with van der Waals surface area (Å²) in [6.45, 7) is 7.74. The molecule has 0 fully saturated rings. The van der Waals surface area contributed by atoms with Crippen molar-refractivity contribution < 1.29 is 29.4 Å². The number of aliphatic carboxylic acids is 2. The van der Waals surface area contributed by atoms with Gasteiger partial charge in [0.05, 0.1) is 0 Å². The van der Waals surface area contributed by atoms with Gasteiger partial charge in [-0.25, -0.2) is 0 Å². The molecular weight excluding hydrogens is 484 g/mol. The molecule has 0 saturated heterocycles. The Kier molecular flexibility index (Phi) is 37.1. The Bertz CT molecular complexity index is 499. The normalized spacial score (nSPS) is 9.89. The lowest BCUT2D eigenvalue weighted by atomic mass is 10.1. The first-order valence-electron chi connectivity index (χ1n) is 15.1. The zero-order valence-electron chi connectivity index (χ0n) is 25.1. The molecule has 226 valence electrons. The molecule has 0 bridgehead atoms. The van der Waals surface area contributed by atoms with Crippen LogP contribution in [0.3, 0.4) is 0 Å². The largest absolute Gasteiger partial charge is 0.481 e. The summed E-state index contributed by atoms with van der Waals surface area (Å²) in [5.74, 6) is -1.43. The lowest BCUT2D eigenvalue weighted by molar-refractivity contribution is -0.135. The highest BCUT2D eigenvalue weighted by Gasteiger charge is 2.03. The van der Waals surface area contributed by atoms with Crippen molar-refractivity contribution in [2.75, 3.05) is 13.1 Å². The fourth-order valence-electron chi connectivity index (χ4n) is 3.77. The second-order valence-corrected chi connectivity index (χ2v) is 9.89. The van der Waals surface area contributed by atoms with Crippen molar-refractivity contribution in [3.8, 4) is 0 Å². The van der Waals surface area contributed by atoms with Crippen LogP contribution in [0.1, 0.15) is 156 Å². The number of rotatable bonds is 23. The van der Waals surface area contributed by atoms with Crippen LogP contribution >= 0.6 is 0 Å². The zero-order chi connectivity index (χ0) is 29.3. The van der Waals surface area contributed by atoms with Crippen molar-refractivity contribution in [1.29, 1.82) is 0 Å². The van der Waals surface area contributed by atoms with E-state index in [9.17, 15) is 9.59 Å². The van der Waals surface area contributed by atoms with Gasteiger partial charge in [0.25, 0.3) is 11.9 Å². The van der Waals surface area contributed by atoms with Gasteiger partial charge in [-0.3, -0.25) is 19.2 Å². The molecule has 0 aromatic heterocycles. The van der Waals surface area contributed by atoms with Crippen LogP contribution < -0.4 is 10.6 Å². The Morgan fingerprint density at radius 1 is 0.447 bits per heavy atom. The van der Waals surface area contributed by atoms with Crippen LogP contribution in [-0.2, 0) is 19.2 Å². The Labute approximate surface area is 233 Å². The standard InChI is InChI=1S/C26H52N2O2.2C2H4O2/c1-3-5-7-9-11-13-15-17-19-21-25(29)27-23-24-28-26(30)22-20-18-16-14-12-10-8-6-4-2;2*1-2(3)4/h3-24H2,1-2H3,(H,27,29)(H,28,30);2*1H3,(H,3,4). The number of carboxylic acids is 2. The third-order valence-corrected chi connectivity index (χ3v) is 5.78. The van der Waals surface area contributed by atoms with E-state index < -0.39 is 11.9 Å². The molecule has 8 nitrogen and oxygen atoms in total. The van der Waals surface area contributed by atoms with Crippen molar-refractivity contribution in [2.24, 2.45) is 0 Å². The molecule has 38 heavy (non-hydrogen) atoms. The summed E-state index contributed by atoms with van der Waals surface area (Å²) in [5, 5.41) is 20.7. The van der Waals surface area contributed by atoms with Gasteiger partial charge in [-0.2, -0.15) is 0 Å². The minimum absolute atomic E-state index is 0.117. The van der Waals surface area contributed by atoms with Gasteiger partial charge in [0.15, 0.2) is 0 Å². The maximum absolute atomic E-state index is 11.8. The number of carbonyl (C=O) groups excluding carboxylic acids is 2. The van der Waals surface area contributed by atoms with E-state index in [2.05, 4.69) is 24.5 Å². The molecular formula is C30H60N2O6. The van der Waals surface area contributed by atoms with Crippen LogP contribution in [0.2, 0.25) is 0 Å². The van der Waals surface area contributed by atoms with Gasteiger partial charge >= 0.3 is 0 Å². The minimum atomic E-state index is -0.833. The van der Waals surface area contributed by atoms with E-state index in [4.69, 9.17) is 19.8 Å². The molecule has 0 aromatic rings. The smallest absolute Gasteiger partial charge is 0.300 e. The summed E-state index contributed by atoms with van der Waals surface area (Å²) in [6.07, 6.45) is 24.0. The predicted molar refractivity (Wildman–Crippen MR) is 156 cm³/mol. The molecule has 0 rings (SSSR count). The lowest BCUT2D eigenvalue weighted by Gasteiger charge is -2.07. The topological polar surface area (TPSA) is 133 Å². The molecule has 0 spiro atoms. The molecule has 0 saturated carbocycles. The van der Waals surface area contributed by atoms with Gasteiger partial charge in [0, 0.05) is 39.8 Å². The van der Waals surface area contributed by atoms with E-state index in [-0.39, 0.29) is 11.8 Å². The number of nitrogens with one attached hydrogen (secondary N) is 2. The zero-order valence-corrected chi connectivity index (χ0v) is 25.1. The highest BCUT2D eigenvalue weighted by Crippen LogP contribution is 2.11. The first-order valence-corrected chi connectivity index (χ1v) is 15.1. The molecule has 0 unspecified atom stereocenters. The number of hydrogen-bond acceptors (Lipinski definition) is 4. The average molecular weight is 545 g/mol. The van der Waals surface area contributed by atoms with Crippen LogP contribution in [0, 0.1) is 0 Å². The number of hydrogen-bond donors (Lipinski definition) is 4. The van der Waals surface area contributed by atoms with Crippen LogP contribution in [0.25, 0.3) is 0 Å². The second-order valence-electron chi connectivity index (χ2n) is 9.89. The fourth-order valence-corrected chi connectivity index (χ4v) is 3.77. The summed E-state index contributed by atoms with van der Waals surface area (Å²) in [4.78, 5) is 41.7. The number of amides is 2. The van der Waals surface area contributed by atoms with Crippen LogP contribution in [-0.4, -0.2) is 47.1 Å². The first-order chi connectivity index (χ1) is 18.2. The van der Waals surface area contributed by atoms with Crippen molar-refractivity contribution in [3.05, 3.63) is 0 Å². The quantitative estimate of drug-likeness (QED) is 0.100. The summed E-state index contributed by atoms with van der Waals surface area (Å²) in [5.41, 5.74) is 0. The van der Waals surface area contributed by atoms with Crippen LogP contribution in [0.5, 0.6) is 0 Å². The maximum Gasteiger partial charge on any atom is 0.300 e. The Hall–Kier alpha value is -2.12. The summed E-state index contributed by atoms with van der Waals surface area (Å²) in [6, 6.07) is 0. The first kappa shape index (κ1) is 40.4. The van der Waals surface area contributed by atoms with E-state index in [1.165, 1.54) is 89.9 Å².